The van der Waals surface area contributed by atoms with E-state index in [1.165, 1.54) is 36.4 Å². The van der Waals surface area contributed by atoms with Crippen molar-refractivity contribution in [3.8, 4) is 5.75 Å². The second kappa shape index (κ2) is 6.64. The third-order valence-electron chi connectivity index (χ3n) is 3.15. The minimum Gasteiger partial charge on any atom is -0.496 e. The third-order valence-corrected chi connectivity index (χ3v) is 4.71. The standard InChI is InChI=1S/C16H12F4O3S/c1-23-13-10-6-5-9-12(13)14(16(18,19)20)15(17)24(21,22)11-7-3-2-4-8-11/h2-10H,1H3/b15-14-. The van der Waals surface area contributed by atoms with Crippen LogP contribution in [0, 0.1) is 0 Å². The monoisotopic (exact) mass is 360 g/mol. The summed E-state index contributed by atoms with van der Waals surface area (Å²) in [7, 11) is -3.85. The fraction of sp³-hybridized carbons (Fsp3) is 0.125. The molecule has 0 aromatic heterocycles. The second-order valence-corrected chi connectivity index (χ2v) is 6.50. The number of alkyl halides is 3. The van der Waals surface area contributed by atoms with Crippen LogP contribution >= 0.6 is 0 Å². The Morgan fingerprint density at radius 1 is 0.958 bits per heavy atom. The predicted octanol–water partition coefficient (Wildman–Crippen LogP) is 4.37. The first-order valence-electron chi connectivity index (χ1n) is 6.60. The van der Waals surface area contributed by atoms with Gasteiger partial charge in [0.05, 0.1) is 12.0 Å². The van der Waals surface area contributed by atoms with Gasteiger partial charge in [0.25, 0.3) is 0 Å². The largest absolute Gasteiger partial charge is 0.496 e. The molecular weight excluding hydrogens is 348 g/mol. The minimum atomic E-state index is -5.24. The van der Waals surface area contributed by atoms with Gasteiger partial charge < -0.3 is 4.74 Å². The summed E-state index contributed by atoms with van der Waals surface area (Å²) in [5, 5.41) is -2.27. The van der Waals surface area contributed by atoms with Gasteiger partial charge in [-0.1, -0.05) is 36.4 Å². The van der Waals surface area contributed by atoms with Crippen LogP contribution in [0.15, 0.2) is 64.7 Å². The number of para-hydroxylation sites is 1. The van der Waals surface area contributed by atoms with E-state index in [1.54, 1.807) is 0 Å². The molecule has 0 saturated heterocycles. The van der Waals surface area contributed by atoms with E-state index in [4.69, 9.17) is 4.74 Å². The van der Waals surface area contributed by atoms with Gasteiger partial charge >= 0.3 is 6.18 Å². The fourth-order valence-corrected chi connectivity index (χ4v) is 3.28. The van der Waals surface area contributed by atoms with Crippen LogP contribution in [0.1, 0.15) is 5.56 Å². The van der Waals surface area contributed by atoms with Crippen molar-refractivity contribution >= 4 is 15.4 Å². The zero-order valence-electron chi connectivity index (χ0n) is 12.3. The predicted molar refractivity (Wildman–Crippen MR) is 80.7 cm³/mol. The van der Waals surface area contributed by atoms with Crippen molar-refractivity contribution in [2.24, 2.45) is 0 Å². The number of hydrogen-bond acceptors (Lipinski definition) is 3. The first-order valence-corrected chi connectivity index (χ1v) is 8.08. The summed E-state index contributed by atoms with van der Waals surface area (Å²) in [6.45, 7) is 0. The van der Waals surface area contributed by atoms with Crippen LogP contribution in [0.4, 0.5) is 17.6 Å². The highest BCUT2D eigenvalue weighted by atomic mass is 32.2. The third kappa shape index (κ3) is 3.43. The molecule has 8 heteroatoms. The van der Waals surface area contributed by atoms with Crippen LogP contribution in [0.5, 0.6) is 5.75 Å². The van der Waals surface area contributed by atoms with Crippen molar-refractivity contribution in [3.63, 3.8) is 0 Å². The van der Waals surface area contributed by atoms with Crippen LogP contribution in [0.2, 0.25) is 0 Å². The molecule has 0 radical (unpaired) electrons. The first kappa shape index (κ1) is 18.0. The topological polar surface area (TPSA) is 43.4 Å². The highest BCUT2D eigenvalue weighted by Gasteiger charge is 2.43. The molecule has 0 aliphatic rings. The lowest BCUT2D eigenvalue weighted by Crippen LogP contribution is -2.16. The van der Waals surface area contributed by atoms with E-state index in [1.807, 2.05) is 0 Å². The zero-order valence-corrected chi connectivity index (χ0v) is 13.2. The van der Waals surface area contributed by atoms with Gasteiger partial charge in [0.15, 0.2) is 0 Å². The molecule has 0 heterocycles. The Labute approximate surface area is 136 Å². The molecule has 0 saturated carbocycles. The maximum Gasteiger partial charge on any atom is 0.420 e. The summed E-state index contributed by atoms with van der Waals surface area (Å²) in [5.74, 6) is -0.289. The van der Waals surface area contributed by atoms with Crippen molar-refractivity contribution < 1.29 is 30.7 Å². The van der Waals surface area contributed by atoms with Gasteiger partial charge in [-0.05, 0) is 18.2 Å². The SMILES string of the molecule is COc1ccccc1/C(=C(\F)S(=O)(=O)c1ccccc1)C(F)(F)F. The average molecular weight is 360 g/mol. The van der Waals surface area contributed by atoms with Crippen molar-refractivity contribution in [2.45, 2.75) is 11.1 Å². The molecule has 24 heavy (non-hydrogen) atoms. The van der Waals surface area contributed by atoms with Gasteiger partial charge in [-0.25, -0.2) is 8.42 Å². The Morgan fingerprint density at radius 3 is 2.04 bits per heavy atom. The lowest BCUT2D eigenvalue weighted by Gasteiger charge is -2.16. The van der Waals surface area contributed by atoms with E-state index in [0.717, 1.165) is 25.3 Å². The molecule has 0 aliphatic carbocycles. The van der Waals surface area contributed by atoms with Crippen LogP contribution in [-0.2, 0) is 9.84 Å². The first-order chi connectivity index (χ1) is 11.2. The highest BCUT2D eigenvalue weighted by Crippen LogP contribution is 2.43. The van der Waals surface area contributed by atoms with Crippen molar-refractivity contribution in [1.29, 1.82) is 0 Å². The van der Waals surface area contributed by atoms with Crippen molar-refractivity contribution in [2.75, 3.05) is 7.11 Å². The van der Waals surface area contributed by atoms with E-state index in [0.29, 0.717) is 0 Å². The Bertz CT molecular complexity index is 856. The zero-order chi connectivity index (χ0) is 18.0. The average Bonchev–Trinajstić information content (AvgIpc) is 2.55. The summed E-state index contributed by atoms with van der Waals surface area (Å²) in [6, 6.07) is 10.8. The van der Waals surface area contributed by atoms with Crippen LogP contribution in [-0.4, -0.2) is 21.7 Å². The molecule has 0 bridgehead atoms. The molecule has 0 N–H and O–H groups in total. The van der Waals surface area contributed by atoms with E-state index < -0.39 is 37.2 Å². The second-order valence-electron chi connectivity index (χ2n) is 4.66. The smallest absolute Gasteiger partial charge is 0.420 e. The van der Waals surface area contributed by atoms with E-state index in [2.05, 4.69) is 0 Å². The Balaban J connectivity index is 2.79. The Hall–Kier alpha value is -2.35. The molecule has 2 rings (SSSR count). The summed E-state index contributed by atoms with van der Waals surface area (Å²) in [5.41, 5.74) is -2.59. The van der Waals surface area contributed by atoms with Gasteiger partial charge in [-0.15, -0.1) is 0 Å². The lowest BCUT2D eigenvalue weighted by molar-refractivity contribution is -0.0698. The maximum atomic E-state index is 14.5. The quantitative estimate of drug-likeness (QED) is 0.761. The fourth-order valence-electron chi connectivity index (χ4n) is 2.06. The molecule has 2 aromatic rings. The van der Waals surface area contributed by atoms with Gasteiger partial charge in [0, 0.05) is 5.56 Å². The van der Waals surface area contributed by atoms with Gasteiger partial charge in [-0.2, -0.15) is 17.6 Å². The molecule has 0 aliphatic heterocycles. The number of methoxy groups -OCH3 is 1. The molecule has 0 unspecified atom stereocenters. The molecule has 0 amide bonds. The highest BCUT2D eigenvalue weighted by molar-refractivity contribution is 7.95. The number of benzene rings is 2. The molecule has 2 aromatic carbocycles. The van der Waals surface area contributed by atoms with Crippen molar-refractivity contribution in [1.82, 2.24) is 0 Å². The molecule has 0 spiro atoms. The Morgan fingerprint density at radius 2 is 1.50 bits per heavy atom. The van der Waals surface area contributed by atoms with E-state index in [-0.39, 0.29) is 5.75 Å². The van der Waals surface area contributed by atoms with Crippen molar-refractivity contribution in [3.05, 3.63) is 65.3 Å². The molecule has 0 fully saturated rings. The number of ether oxygens (including phenoxy) is 1. The van der Waals surface area contributed by atoms with Crippen LogP contribution < -0.4 is 4.74 Å². The Kier molecular flexibility index (Phi) is 4.98. The number of halogens is 4. The summed E-state index contributed by atoms with van der Waals surface area (Å²) in [4.78, 5) is -0.570. The molecular formula is C16H12F4O3S. The number of allylic oxidation sites excluding steroid dienone is 1. The number of sulfone groups is 1. The van der Waals surface area contributed by atoms with Gasteiger partial charge in [-0.3, -0.25) is 0 Å². The molecule has 0 atom stereocenters. The van der Waals surface area contributed by atoms with Gasteiger partial charge in [0.1, 0.15) is 11.3 Å². The van der Waals surface area contributed by atoms with Crippen LogP contribution in [0.25, 0.3) is 5.57 Å². The normalized spacial score (nSPS) is 13.4. The number of rotatable bonds is 4. The van der Waals surface area contributed by atoms with Gasteiger partial charge in [0.2, 0.25) is 15.0 Å². The van der Waals surface area contributed by atoms with E-state index >= 15 is 0 Å². The van der Waals surface area contributed by atoms with E-state index in [9.17, 15) is 26.0 Å². The molecule has 128 valence electrons. The van der Waals surface area contributed by atoms with Crippen LogP contribution in [0.3, 0.4) is 0 Å². The summed E-state index contributed by atoms with van der Waals surface area (Å²) in [6.07, 6.45) is -5.24. The minimum absolute atomic E-state index is 0.289. The number of hydrogen-bond donors (Lipinski definition) is 0. The molecule has 3 nitrogen and oxygen atoms in total. The summed E-state index contributed by atoms with van der Waals surface area (Å²) < 4.78 is 84.0. The maximum absolute atomic E-state index is 14.5. The summed E-state index contributed by atoms with van der Waals surface area (Å²) >= 11 is 0. The lowest BCUT2D eigenvalue weighted by atomic mass is 10.1.